The number of benzene rings is 1. The van der Waals surface area contributed by atoms with E-state index in [9.17, 15) is 9.59 Å². The van der Waals surface area contributed by atoms with Gasteiger partial charge in [-0.05, 0) is 63.8 Å². The van der Waals surface area contributed by atoms with Crippen LogP contribution in [0.4, 0.5) is 5.69 Å². The minimum Gasteiger partial charge on any atom is -0.348 e. The summed E-state index contributed by atoms with van der Waals surface area (Å²) in [4.78, 5) is 29.9. The molecule has 0 unspecified atom stereocenters. The molecule has 3 rings (SSSR count). The second-order valence-corrected chi connectivity index (χ2v) is 9.79. The highest BCUT2D eigenvalue weighted by molar-refractivity contribution is 6.06. The standard InChI is InChI=1S/C26H35N5O2/c1-8-9-22(32)28-19-12-10-18(11-13-19)15-27-25(33)20-14-21(16(2)3)29-24-23(20)17(4)30-31(24)26(5,6)7/h10-14,16H,8-9,15H2,1-7H3,(H,27,33)(H,28,32). The zero-order valence-corrected chi connectivity index (χ0v) is 20.7. The number of carbonyl (C=O) groups is 2. The lowest BCUT2D eigenvalue weighted by molar-refractivity contribution is -0.116. The molecule has 7 nitrogen and oxygen atoms in total. The molecule has 0 atom stereocenters. The average molecular weight is 450 g/mol. The van der Waals surface area contributed by atoms with Crippen LogP contribution in [0.1, 0.15) is 87.6 Å². The number of hydrogen-bond donors (Lipinski definition) is 2. The summed E-state index contributed by atoms with van der Waals surface area (Å²) in [5.74, 6) is 0.0357. The number of anilines is 1. The quantitative estimate of drug-likeness (QED) is 0.513. The highest BCUT2D eigenvalue weighted by Crippen LogP contribution is 2.29. The molecule has 2 aromatic heterocycles. The maximum Gasteiger partial charge on any atom is 0.252 e. The fraction of sp³-hybridized carbons (Fsp3) is 0.462. The molecule has 0 aliphatic rings. The van der Waals surface area contributed by atoms with Gasteiger partial charge in [-0.1, -0.05) is 32.9 Å². The molecule has 0 fully saturated rings. The van der Waals surface area contributed by atoms with Gasteiger partial charge < -0.3 is 10.6 Å². The minimum atomic E-state index is -0.253. The first-order valence-corrected chi connectivity index (χ1v) is 11.6. The van der Waals surface area contributed by atoms with Gasteiger partial charge in [-0.3, -0.25) is 9.59 Å². The molecule has 2 heterocycles. The number of nitrogens with one attached hydrogen (secondary N) is 2. The Balaban J connectivity index is 1.85. The summed E-state index contributed by atoms with van der Waals surface area (Å²) in [6.07, 6.45) is 1.31. The summed E-state index contributed by atoms with van der Waals surface area (Å²) in [7, 11) is 0. The number of carbonyl (C=O) groups excluding carboxylic acids is 2. The fourth-order valence-electron chi connectivity index (χ4n) is 3.68. The number of aromatic nitrogens is 3. The van der Waals surface area contributed by atoms with Crippen molar-refractivity contribution >= 4 is 28.5 Å². The maximum absolute atomic E-state index is 13.3. The summed E-state index contributed by atoms with van der Waals surface area (Å²) in [5, 5.41) is 11.4. The van der Waals surface area contributed by atoms with E-state index in [2.05, 4.69) is 45.3 Å². The van der Waals surface area contributed by atoms with E-state index >= 15 is 0 Å². The zero-order valence-electron chi connectivity index (χ0n) is 20.7. The Kier molecular flexibility index (Phi) is 7.20. The number of hydrogen-bond acceptors (Lipinski definition) is 4. The highest BCUT2D eigenvalue weighted by Gasteiger charge is 2.25. The first kappa shape index (κ1) is 24.4. The molecule has 0 aliphatic heterocycles. The van der Waals surface area contributed by atoms with E-state index in [0.29, 0.717) is 18.5 Å². The smallest absolute Gasteiger partial charge is 0.252 e. The Labute approximate surface area is 196 Å². The van der Waals surface area contributed by atoms with E-state index in [1.165, 1.54) is 0 Å². The van der Waals surface area contributed by atoms with Gasteiger partial charge in [0.25, 0.3) is 5.91 Å². The second-order valence-electron chi connectivity index (χ2n) is 9.79. The van der Waals surface area contributed by atoms with E-state index in [4.69, 9.17) is 10.1 Å². The van der Waals surface area contributed by atoms with Crippen LogP contribution in [-0.4, -0.2) is 26.6 Å². The Morgan fingerprint density at radius 1 is 1.12 bits per heavy atom. The summed E-state index contributed by atoms with van der Waals surface area (Å²) in [6.45, 7) is 14.7. The van der Waals surface area contributed by atoms with Crippen LogP contribution in [0.5, 0.6) is 0 Å². The lowest BCUT2D eigenvalue weighted by Crippen LogP contribution is -2.25. The first-order chi connectivity index (χ1) is 15.5. The normalized spacial score (nSPS) is 11.8. The summed E-state index contributed by atoms with van der Waals surface area (Å²) in [6, 6.07) is 9.41. The van der Waals surface area contributed by atoms with Crippen molar-refractivity contribution in [3.05, 3.63) is 52.8 Å². The fourth-order valence-corrected chi connectivity index (χ4v) is 3.68. The number of rotatable bonds is 7. The van der Waals surface area contributed by atoms with Gasteiger partial charge in [-0.2, -0.15) is 5.10 Å². The minimum absolute atomic E-state index is 0.00684. The SMILES string of the molecule is CCCC(=O)Nc1ccc(CNC(=O)c2cc(C(C)C)nc3c2c(C)nn3C(C)(C)C)cc1. The van der Waals surface area contributed by atoms with Crippen molar-refractivity contribution in [2.24, 2.45) is 0 Å². The Morgan fingerprint density at radius 3 is 2.36 bits per heavy atom. The topological polar surface area (TPSA) is 88.9 Å². The molecule has 0 saturated carbocycles. The third-order valence-electron chi connectivity index (χ3n) is 5.47. The van der Waals surface area contributed by atoms with Crippen LogP contribution in [0.2, 0.25) is 0 Å². The van der Waals surface area contributed by atoms with Crippen molar-refractivity contribution in [3.63, 3.8) is 0 Å². The van der Waals surface area contributed by atoms with Crippen LogP contribution in [0, 0.1) is 6.92 Å². The molecule has 0 radical (unpaired) electrons. The van der Waals surface area contributed by atoms with Gasteiger partial charge in [0.1, 0.15) is 0 Å². The van der Waals surface area contributed by atoms with Crippen LogP contribution >= 0.6 is 0 Å². The predicted octanol–water partition coefficient (Wildman–Crippen LogP) is 5.29. The van der Waals surface area contributed by atoms with Crippen LogP contribution < -0.4 is 10.6 Å². The van der Waals surface area contributed by atoms with Crippen LogP contribution in [-0.2, 0) is 16.9 Å². The summed E-state index contributed by atoms with van der Waals surface area (Å²) in [5.41, 5.74) is 4.45. The van der Waals surface area contributed by atoms with Crippen LogP contribution in [0.3, 0.4) is 0 Å². The largest absolute Gasteiger partial charge is 0.348 e. The van der Waals surface area contributed by atoms with Crippen molar-refractivity contribution in [1.82, 2.24) is 20.1 Å². The third-order valence-corrected chi connectivity index (χ3v) is 5.47. The lowest BCUT2D eigenvalue weighted by Gasteiger charge is -2.20. The summed E-state index contributed by atoms with van der Waals surface area (Å²) >= 11 is 0. The van der Waals surface area contributed by atoms with Crippen LogP contribution in [0.25, 0.3) is 11.0 Å². The predicted molar refractivity (Wildman–Crippen MR) is 132 cm³/mol. The van der Waals surface area contributed by atoms with Gasteiger partial charge in [0.05, 0.1) is 22.2 Å². The maximum atomic E-state index is 13.3. The van der Waals surface area contributed by atoms with Crippen molar-refractivity contribution < 1.29 is 9.59 Å². The first-order valence-electron chi connectivity index (χ1n) is 11.6. The average Bonchev–Trinajstić information content (AvgIpc) is 3.09. The number of pyridine rings is 1. The Bertz CT molecular complexity index is 1150. The van der Waals surface area contributed by atoms with E-state index in [-0.39, 0.29) is 23.3 Å². The molecule has 176 valence electrons. The highest BCUT2D eigenvalue weighted by atomic mass is 16.2. The van der Waals surface area contributed by atoms with E-state index in [1.807, 2.05) is 48.9 Å². The van der Waals surface area contributed by atoms with Crippen molar-refractivity contribution in [2.75, 3.05) is 5.32 Å². The van der Waals surface area contributed by atoms with E-state index in [1.54, 1.807) is 0 Å². The second kappa shape index (κ2) is 9.73. The zero-order chi connectivity index (χ0) is 24.3. The molecule has 0 aliphatic carbocycles. The number of fused-ring (bicyclic) bond motifs is 1. The Hall–Kier alpha value is -3.22. The molecule has 2 N–H and O–H groups in total. The molecule has 1 aromatic carbocycles. The molecular formula is C26H35N5O2. The molecule has 0 bridgehead atoms. The molecule has 33 heavy (non-hydrogen) atoms. The molecule has 3 aromatic rings. The molecule has 2 amide bonds. The van der Waals surface area contributed by atoms with Gasteiger partial charge in [0, 0.05) is 24.3 Å². The molecule has 0 saturated heterocycles. The van der Waals surface area contributed by atoms with Gasteiger partial charge in [0.15, 0.2) is 5.65 Å². The molecule has 0 spiro atoms. The van der Waals surface area contributed by atoms with Crippen molar-refractivity contribution in [3.8, 4) is 0 Å². The van der Waals surface area contributed by atoms with E-state index in [0.717, 1.165) is 40.1 Å². The van der Waals surface area contributed by atoms with Gasteiger partial charge in [-0.15, -0.1) is 0 Å². The van der Waals surface area contributed by atoms with Gasteiger partial charge >= 0.3 is 0 Å². The third kappa shape index (κ3) is 5.59. The number of aryl methyl sites for hydroxylation is 1. The van der Waals surface area contributed by atoms with Crippen LogP contribution in [0.15, 0.2) is 30.3 Å². The molecular weight excluding hydrogens is 414 g/mol. The van der Waals surface area contributed by atoms with Gasteiger partial charge in [-0.25, -0.2) is 9.67 Å². The number of amides is 2. The number of nitrogens with zero attached hydrogens (tertiary/aromatic N) is 3. The van der Waals surface area contributed by atoms with Crippen molar-refractivity contribution in [2.45, 2.75) is 79.3 Å². The summed E-state index contributed by atoms with van der Waals surface area (Å²) < 4.78 is 1.91. The van der Waals surface area contributed by atoms with E-state index < -0.39 is 0 Å². The van der Waals surface area contributed by atoms with Gasteiger partial charge in [0.2, 0.25) is 5.91 Å². The Morgan fingerprint density at radius 2 is 1.79 bits per heavy atom. The van der Waals surface area contributed by atoms with Crippen molar-refractivity contribution in [1.29, 1.82) is 0 Å². The lowest BCUT2D eigenvalue weighted by atomic mass is 10.0. The monoisotopic (exact) mass is 449 g/mol. The molecule has 7 heteroatoms.